The quantitative estimate of drug-likeness (QED) is 0.288. The van der Waals surface area contributed by atoms with Gasteiger partial charge in [0.05, 0.1) is 12.6 Å². The second-order valence-electron chi connectivity index (χ2n) is 2.81. The Hall–Kier alpha value is -0.240. The van der Waals surface area contributed by atoms with Crippen LogP contribution < -0.4 is 5.73 Å². The van der Waals surface area contributed by atoms with Gasteiger partial charge in [-0.1, -0.05) is 0 Å². The molecule has 0 aromatic rings. The summed E-state index contributed by atoms with van der Waals surface area (Å²) in [6.07, 6.45) is -4.85. The van der Waals surface area contributed by atoms with Gasteiger partial charge in [-0.2, -0.15) is 0 Å². The van der Waals surface area contributed by atoms with Gasteiger partial charge in [-0.15, -0.1) is 0 Å². The number of aliphatic hydroxyl groups excluding tert-OH is 4. The zero-order chi connectivity index (χ0) is 9.30. The van der Waals surface area contributed by atoms with Crippen molar-refractivity contribution in [1.29, 1.82) is 0 Å². The molecule has 0 radical (unpaired) electrons. The minimum atomic E-state index is -1.44. The Balaban J connectivity index is 2.63. The van der Waals surface area contributed by atoms with Crippen LogP contribution in [0, 0.1) is 0 Å². The molecule has 0 spiro atoms. The minimum absolute atomic E-state index is 0.446. The van der Waals surface area contributed by atoms with E-state index in [1.165, 1.54) is 0 Å². The average Bonchev–Trinajstić information content (AvgIpc) is 2.08. The van der Waals surface area contributed by atoms with Gasteiger partial charge >= 0.3 is 0 Å². The van der Waals surface area contributed by atoms with Crippen molar-refractivity contribution in [3.05, 3.63) is 0 Å². The van der Waals surface area contributed by atoms with Gasteiger partial charge in [0.25, 0.3) is 0 Å². The summed E-state index contributed by atoms with van der Waals surface area (Å²) in [6, 6.07) is -0.995. The molecule has 0 aliphatic carbocycles. The van der Waals surface area contributed by atoms with Crippen molar-refractivity contribution in [3.8, 4) is 0 Å². The second-order valence-corrected chi connectivity index (χ2v) is 2.81. The van der Waals surface area contributed by atoms with Gasteiger partial charge in [-0.3, -0.25) is 0 Å². The largest absolute Gasteiger partial charge is 0.394 e. The molecule has 1 fully saturated rings. The molecule has 6 heteroatoms. The van der Waals surface area contributed by atoms with Crippen LogP contribution in [0.1, 0.15) is 0 Å². The van der Waals surface area contributed by atoms with Crippen LogP contribution >= 0.6 is 0 Å². The molecule has 1 saturated heterocycles. The Morgan fingerprint density at radius 2 is 1.75 bits per heavy atom. The summed E-state index contributed by atoms with van der Waals surface area (Å²) < 4.78 is 4.66. The van der Waals surface area contributed by atoms with Crippen molar-refractivity contribution in [1.82, 2.24) is 0 Å². The number of ether oxygens (including phenoxy) is 1. The summed E-state index contributed by atoms with van der Waals surface area (Å²) in [7, 11) is 0. The van der Waals surface area contributed by atoms with Gasteiger partial charge in [0.15, 0.2) is 6.29 Å². The van der Waals surface area contributed by atoms with Gasteiger partial charge in [0, 0.05) is 0 Å². The van der Waals surface area contributed by atoms with Gasteiger partial charge in [0.2, 0.25) is 0 Å². The van der Waals surface area contributed by atoms with Crippen LogP contribution in [0.2, 0.25) is 0 Å². The Morgan fingerprint density at radius 1 is 1.17 bits per heavy atom. The number of hydrogen-bond donors (Lipinski definition) is 5. The van der Waals surface area contributed by atoms with E-state index < -0.39 is 37.3 Å². The molecule has 0 amide bonds. The van der Waals surface area contributed by atoms with Crippen molar-refractivity contribution in [2.45, 2.75) is 30.6 Å². The van der Waals surface area contributed by atoms with Crippen molar-refractivity contribution in [3.63, 3.8) is 0 Å². The lowest BCUT2D eigenvalue weighted by molar-refractivity contribution is -0.258. The molecular weight excluding hydrogens is 166 g/mol. The number of rotatable bonds is 1. The minimum Gasteiger partial charge on any atom is -0.394 e. The highest BCUT2D eigenvalue weighted by Gasteiger charge is 2.41. The topological polar surface area (TPSA) is 116 Å². The highest BCUT2D eigenvalue weighted by atomic mass is 16.6. The molecule has 12 heavy (non-hydrogen) atoms. The van der Waals surface area contributed by atoms with Crippen LogP contribution in [-0.2, 0) is 4.74 Å². The molecular formula is C6H13NO5. The smallest absolute Gasteiger partial charge is 0.183 e. The maximum atomic E-state index is 9.24. The SMILES string of the molecule is N[C@@H]1[C@H](O)[C@@H](O)O[C@H](CO)[C@H]1O. The Morgan fingerprint density at radius 3 is 2.25 bits per heavy atom. The Labute approximate surface area is 69.2 Å². The van der Waals surface area contributed by atoms with Gasteiger partial charge in [-0.25, -0.2) is 0 Å². The summed E-state index contributed by atoms with van der Waals surface area (Å²) in [6.45, 7) is -0.446. The normalized spacial score (nSPS) is 49.2. The first-order valence-corrected chi connectivity index (χ1v) is 3.64. The number of aliphatic hydroxyl groups is 4. The zero-order valence-corrected chi connectivity index (χ0v) is 6.37. The third-order valence-corrected chi connectivity index (χ3v) is 1.96. The standard InChI is InChI=1S/C6H13NO5/c7-3-4(9)2(1-8)12-6(11)5(3)10/h2-6,8-11H,1,7H2/t2-,3+,4-,5+,6+/m1/s1. The highest BCUT2D eigenvalue weighted by Crippen LogP contribution is 2.17. The number of hydrogen-bond acceptors (Lipinski definition) is 6. The fourth-order valence-electron chi connectivity index (χ4n) is 1.13. The van der Waals surface area contributed by atoms with E-state index in [-0.39, 0.29) is 0 Å². The number of nitrogens with two attached hydrogens (primary N) is 1. The molecule has 72 valence electrons. The third-order valence-electron chi connectivity index (χ3n) is 1.96. The Bertz CT molecular complexity index is 150. The van der Waals surface area contributed by atoms with Crippen molar-refractivity contribution in [2.75, 3.05) is 6.61 Å². The van der Waals surface area contributed by atoms with Crippen molar-refractivity contribution >= 4 is 0 Å². The molecule has 0 aromatic heterocycles. The molecule has 0 bridgehead atoms. The lowest BCUT2D eigenvalue weighted by Gasteiger charge is -2.38. The lowest BCUT2D eigenvalue weighted by Crippen LogP contribution is -2.62. The van der Waals surface area contributed by atoms with Crippen LogP contribution in [0.5, 0.6) is 0 Å². The van der Waals surface area contributed by atoms with Crippen molar-refractivity contribution < 1.29 is 25.2 Å². The van der Waals surface area contributed by atoms with E-state index in [4.69, 9.17) is 21.1 Å². The summed E-state index contributed by atoms with van der Waals surface area (Å²) in [5.74, 6) is 0. The van der Waals surface area contributed by atoms with E-state index in [1.807, 2.05) is 0 Å². The first kappa shape index (κ1) is 9.85. The maximum Gasteiger partial charge on any atom is 0.183 e. The molecule has 6 nitrogen and oxygen atoms in total. The van der Waals surface area contributed by atoms with Crippen LogP contribution in [0.15, 0.2) is 0 Å². The summed E-state index contributed by atoms with van der Waals surface area (Å²) in [5, 5.41) is 36.0. The molecule has 6 N–H and O–H groups in total. The average molecular weight is 179 g/mol. The summed E-state index contributed by atoms with van der Waals surface area (Å²) in [5.41, 5.74) is 5.33. The monoisotopic (exact) mass is 179 g/mol. The second kappa shape index (κ2) is 3.65. The van der Waals surface area contributed by atoms with Gasteiger partial charge in [0.1, 0.15) is 18.3 Å². The molecule has 1 aliphatic heterocycles. The van der Waals surface area contributed by atoms with Gasteiger partial charge in [-0.05, 0) is 0 Å². The van der Waals surface area contributed by atoms with Crippen molar-refractivity contribution in [2.24, 2.45) is 5.73 Å². The first-order valence-electron chi connectivity index (χ1n) is 3.64. The van der Waals surface area contributed by atoms with E-state index in [9.17, 15) is 5.11 Å². The van der Waals surface area contributed by atoms with E-state index in [0.29, 0.717) is 0 Å². The molecule has 5 atom stereocenters. The van der Waals surface area contributed by atoms with Crippen LogP contribution in [-0.4, -0.2) is 57.7 Å². The summed E-state index contributed by atoms with van der Waals surface area (Å²) in [4.78, 5) is 0. The van der Waals surface area contributed by atoms with E-state index in [2.05, 4.69) is 4.74 Å². The molecule has 1 heterocycles. The van der Waals surface area contributed by atoms with Gasteiger partial charge < -0.3 is 30.9 Å². The molecule has 0 unspecified atom stereocenters. The van der Waals surface area contributed by atoms with E-state index >= 15 is 0 Å². The lowest BCUT2D eigenvalue weighted by atomic mass is 9.97. The first-order chi connectivity index (χ1) is 5.57. The third kappa shape index (κ3) is 1.58. The van der Waals surface area contributed by atoms with Crippen LogP contribution in [0.25, 0.3) is 0 Å². The fourth-order valence-corrected chi connectivity index (χ4v) is 1.13. The van der Waals surface area contributed by atoms with E-state index in [0.717, 1.165) is 0 Å². The van der Waals surface area contributed by atoms with E-state index in [1.54, 1.807) is 0 Å². The highest BCUT2D eigenvalue weighted by molar-refractivity contribution is 4.90. The zero-order valence-electron chi connectivity index (χ0n) is 6.37. The predicted molar refractivity (Wildman–Crippen MR) is 38.0 cm³/mol. The molecule has 0 aromatic carbocycles. The predicted octanol–water partition coefficient (Wildman–Crippen LogP) is -3.26. The Kier molecular flexibility index (Phi) is 2.99. The maximum absolute atomic E-state index is 9.24. The summed E-state index contributed by atoms with van der Waals surface area (Å²) >= 11 is 0. The van der Waals surface area contributed by atoms with Crippen LogP contribution in [0.3, 0.4) is 0 Å². The fraction of sp³-hybridized carbons (Fsp3) is 1.00. The molecule has 0 saturated carbocycles. The molecule has 1 aliphatic rings. The van der Waals surface area contributed by atoms with Crippen LogP contribution in [0.4, 0.5) is 0 Å². The molecule has 1 rings (SSSR count).